The van der Waals surface area contributed by atoms with Crippen LogP contribution in [0.15, 0.2) is 18.2 Å². The second kappa shape index (κ2) is 10.4. The first-order chi connectivity index (χ1) is 18.5. The molecule has 2 aliphatic heterocycles. The van der Waals surface area contributed by atoms with E-state index in [0.717, 1.165) is 19.3 Å². The van der Waals surface area contributed by atoms with Crippen LogP contribution >= 0.6 is 11.6 Å². The SMILES string of the molecule is COC(=O)C(C[C@@H]1CC(C)(C)NC1=O)NC(=O)[C@@H]1[C@H]2CCC[C@H]2CN1C(=O)c1cc2c(OC)cc(Cl)cc2[nH]1. The van der Waals surface area contributed by atoms with Crippen molar-refractivity contribution in [3.8, 4) is 5.75 Å². The summed E-state index contributed by atoms with van der Waals surface area (Å²) in [6.07, 6.45) is 3.42. The number of nitrogens with one attached hydrogen (secondary N) is 3. The van der Waals surface area contributed by atoms with E-state index in [-0.39, 0.29) is 35.6 Å². The molecule has 3 heterocycles. The Balaban J connectivity index is 1.40. The molecule has 39 heavy (non-hydrogen) atoms. The summed E-state index contributed by atoms with van der Waals surface area (Å²) >= 11 is 6.21. The van der Waals surface area contributed by atoms with E-state index in [4.69, 9.17) is 21.1 Å². The zero-order valence-corrected chi connectivity index (χ0v) is 23.4. The van der Waals surface area contributed by atoms with Gasteiger partial charge in [0.15, 0.2) is 0 Å². The topological polar surface area (TPSA) is 130 Å². The molecule has 3 amide bonds. The molecule has 3 fully saturated rings. The minimum absolute atomic E-state index is 0.00526. The number of ether oxygens (including phenoxy) is 2. The lowest BCUT2D eigenvalue weighted by Gasteiger charge is -2.29. The number of H-pyrrole nitrogens is 1. The summed E-state index contributed by atoms with van der Waals surface area (Å²) in [6.45, 7) is 4.30. The van der Waals surface area contributed by atoms with Crippen molar-refractivity contribution < 1.29 is 28.7 Å². The van der Waals surface area contributed by atoms with Crippen LogP contribution in [0.25, 0.3) is 10.9 Å². The van der Waals surface area contributed by atoms with Crippen LogP contribution in [0.5, 0.6) is 5.75 Å². The second-order valence-corrected chi connectivity index (χ2v) is 12.0. The van der Waals surface area contributed by atoms with Gasteiger partial charge in [-0.25, -0.2) is 4.79 Å². The highest BCUT2D eigenvalue weighted by Gasteiger charge is 2.50. The van der Waals surface area contributed by atoms with Crippen molar-refractivity contribution in [3.63, 3.8) is 0 Å². The van der Waals surface area contributed by atoms with Gasteiger partial charge in [-0.2, -0.15) is 0 Å². The van der Waals surface area contributed by atoms with E-state index in [2.05, 4.69) is 15.6 Å². The quantitative estimate of drug-likeness (QED) is 0.448. The summed E-state index contributed by atoms with van der Waals surface area (Å²) in [4.78, 5) is 57.6. The summed E-state index contributed by atoms with van der Waals surface area (Å²) in [6, 6.07) is 3.39. The van der Waals surface area contributed by atoms with Crippen molar-refractivity contribution in [2.24, 2.45) is 17.8 Å². The van der Waals surface area contributed by atoms with E-state index in [1.165, 1.54) is 14.2 Å². The van der Waals surface area contributed by atoms with Crippen LogP contribution in [0.2, 0.25) is 5.02 Å². The maximum atomic E-state index is 13.8. The summed E-state index contributed by atoms with van der Waals surface area (Å²) in [7, 11) is 2.80. The number of amides is 3. The minimum Gasteiger partial charge on any atom is -0.496 e. The molecule has 1 aromatic heterocycles. The molecular formula is C28H35ClN4O6. The maximum absolute atomic E-state index is 13.8. The first-order valence-corrected chi connectivity index (χ1v) is 13.8. The average Bonchev–Trinajstić information content (AvgIpc) is 3.64. The molecule has 0 bridgehead atoms. The molecule has 5 rings (SSSR count). The Morgan fingerprint density at radius 3 is 2.64 bits per heavy atom. The Hall–Kier alpha value is -3.27. The van der Waals surface area contributed by atoms with E-state index < -0.39 is 29.9 Å². The maximum Gasteiger partial charge on any atom is 0.328 e. The normalized spacial score (nSPS) is 26.3. The van der Waals surface area contributed by atoms with Crippen LogP contribution in [0.4, 0.5) is 0 Å². The fourth-order valence-corrected chi connectivity index (χ4v) is 6.95. The third kappa shape index (κ3) is 5.18. The third-order valence-corrected chi connectivity index (χ3v) is 8.66. The van der Waals surface area contributed by atoms with E-state index in [1.54, 1.807) is 23.1 Å². The zero-order valence-electron chi connectivity index (χ0n) is 22.6. The average molecular weight is 559 g/mol. The second-order valence-electron chi connectivity index (χ2n) is 11.6. The molecule has 210 valence electrons. The van der Waals surface area contributed by atoms with Crippen LogP contribution in [-0.4, -0.2) is 72.0 Å². The lowest BCUT2D eigenvalue weighted by Crippen LogP contribution is -2.53. The summed E-state index contributed by atoms with van der Waals surface area (Å²) in [5, 5.41) is 6.97. The Bertz CT molecular complexity index is 1320. The molecule has 2 aromatic rings. The Labute approximate surface area is 232 Å². The number of likely N-dealkylation sites (tertiary alicyclic amines) is 1. The fraction of sp³-hybridized carbons (Fsp3) is 0.571. The zero-order chi connectivity index (χ0) is 28.1. The molecular weight excluding hydrogens is 524 g/mol. The minimum atomic E-state index is -0.996. The number of nitrogens with zero attached hydrogens (tertiary/aromatic N) is 1. The van der Waals surface area contributed by atoms with E-state index in [9.17, 15) is 19.2 Å². The molecule has 1 unspecified atom stereocenters. The number of halogens is 1. The molecule has 0 radical (unpaired) electrons. The van der Waals surface area contributed by atoms with Gasteiger partial charge in [0.1, 0.15) is 23.5 Å². The Kier molecular flexibility index (Phi) is 7.26. The molecule has 3 aliphatic rings. The number of fused-ring (bicyclic) bond motifs is 2. The Morgan fingerprint density at radius 2 is 1.97 bits per heavy atom. The van der Waals surface area contributed by atoms with Gasteiger partial charge in [0, 0.05) is 28.4 Å². The van der Waals surface area contributed by atoms with Gasteiger partial charge in [0.2, 0.25) is 11.8 Å². The molecule has 10 nitrogen and oxygen atoms in total. The van der Waals surface area contributed by atoms with Gasteiger partial charge >= 0.3 is 5.97 Å². The van der Waals surface area contributed by atoms with Crippen molar-refractivity contribution in [2.45, 2.75) is 63.6 Å². The number of aromatic amines is 1. The first-order valence-electron chi connectivity index (χ1n) is 13.4. The van der Waals surface area contributed by atoms with Gasteiger partial charge in [0.25, 0.3) is 5.91 Å². The van der Waals surface area contributed by atoms with Crippen molar-refractivity contribution in [2.75, 3.05) is 20.8 Å². The number of hydrogen-bond donors (Lipinski definition) is 3. The van der Waals surface area contributed by atoms with E-state index in [0.29, 0.717) is 40.3 Å². The highest BCUT2D eigenvalue weighted by atomic mass is 35.5. The van der Waals surface area contributed by atoms with Crippen molar-refractivity contribution in [1.82, 2.24) is 20.5 Å². The lowest BCUT2D eigenvalue weighted by molar-refractivity contribution is -0.146. The van der Waals surface area contributed by atoms with Crippen LogP contribution in [0, 0.1) is 17.8 Å². The van der Waals surface area contributed by atoms with Crippen molar-refractivity contribution >= 4 is 46.2 Å². The lowest BCUT2D eigenvalue weighted by atomic mass is 9.90. The van der Waals surface area contributed by atoms with Gasteiger partial charge < -0.3 is 30.0 Å². The summed E-state index contributed by atoms with van der Waals surface area (Å²) in [5.41, 5.74) is 0.606. The number of esters is 1. The number of carbonyl (C=O) groups excluding carboxylic acids is 4. The predicted octanol–water partition coefficient (Wildman–Crippen LogP) is 3.03. The smallest absolute Gasteiger partial charge is 0.328 e. The molecule has 2 saturated heterocycles. The predicted molar refractivity (Wildman–Crippen MR) is 144 cm³/mol. The molecule has 0 spiro atoms. The van der Waals surface area contributed by atoms with Crippen LogP contribution < -0.4 is 15.4 Å². The number of methoxy groups -OCH3 is 2. The summed E-state index contributed by atoms with van der Waals surface area (Å²) in [5.74, 6) is -1.15. The highest BCUT2D eigenvalue weighted by molar-refractivity contribution is 6.31. The largest absolute Gasteiger partial charge is 0.496 e. The van der Waals surface area contributed by atoms with Gasteiger partial charge in [-0.3, -0.25) is 14.4 Å². The van der Waals surface area contributed by atoms with Crippen LogP contribution in [-0.2, 0) is 19.1 Å². The van der Waals surface area contributed by atoms with Gasteiger partial charge in [-0.1, -0.05) is 18.0 Å². The third-order valence-electron chi connectivity index (χ3n) is 8.45. The van der Waals surface area contributed by atoms with Gasteiger partial charge in [-0.15, -0.1) is 0 Å². The van der Waals surface area contributed by atoms with Gasteiger partial charge in [0.05, 0.1) is 19.7 Å². The molecule has 3 N–H and O–H groups in total. The number of rotatable bonds is 7. The molecule has 11 heteroatoms. The highest BCUT2D eigenvalue weighted by Crippen LogP contribution is 2.43. The molecule has 1 saturated carbocycles. The van der Waals surface area contributed by atoms with E-state index in [1.807, 2.05) is 13.8 Å². The van der Waals surface area contributed by atoms with Crippen LogP contribution in [0.1, 0.15) is 56.4 Å². The molecule has 5 atom stereocenters. The fourth-order valence-electron chi connectivity index (χ4n) is 6.74. The molecule has 1 aliphatic carbocycles. The number of aromatic nitrogens is 1. The number of benzene rings is 1. The van der Waals surface area contributed by atoms with Crippen LogP contribution in [0.3, 0.4) is 0 Å². The molecule has 1 aromatic carbocycles. The Morgan fingerprint density at radius 1 is 1.21 bits per heavy atom. The van der Waals surface area contributed by atoms with Crippen molar-refractivity contribution in [3.05, 3.63) is 28.9 Å². The van der Waals surface area contributed by atoms with Gasteiger partial charge in [-0.05, 0) is 69.6 Å². The monoisotopic (exact) mass is 558 g/mol. The van der Waals surface area contributed by atoms with E-state index >= 15 is 0 Å². The number of hydrogen-bond acceptors (Lipinski definition) is 6. The summed E-state index contributed by atoms with van der Waals surface area (Å²) < 4.78 is 10.4. The van der Waals surface area contributed by atoms with Crippen molar-refractivity contribution in [1.29, 1.82) is 0 Å². The standard InChI is InChI=1S/C28H35ClN4O6/c1-28(2)12-15(24(34)32-28)8-21(27(37)39-4)31-25(35)23-17-7-5-6-14(17)13-33(23)26(36)20-11-18-19(30-20)9-16(29)10-22(18)38-3/h9-11,14-15,17,21,23,30H,5-8,12-13H2,1-4H3,(H,31,35)(H,32,34)/t14-,15+,17-,21?,23-/m0/s1. The first kappa shape index (κ1) is 27.3. The number of carbonyl (C=O) groups is 4.